The Morgan fingerprint density at radius 3 is 2.33 bits per heavy atom. The van der Waals surface area contributed by atoms with Gasteiger partial charge in [-0.05, 0) is 31.3 Å². The molecule has 0 aliphatic heterocycles. The molecule has 0 fully saturated rings. The molecule has 0 heterocycles. The normalized spacial score (nSPS) is 11.7. The van der Waals surface area contributed by atoms with E-state index in [0.717, 1.165) is 18.6 Å². The molecular weight excluding hydrogens is 254 g/mol. The summed E-state index contributed by atoms with van der Waals surface area (Å²) in [6, 6.07) is -0.617. The summed E-state index contributed by atoms with van der Waals surface area (Å²) in [6.07, 6.45) is 3.45. The number of hydrogen-bond donors (Lipinski definition) is 1. The third-order valence-electron chi connectivity index (χ3n) is 2.07. The van der Waals surface area contributed by atoms with Crippen LogP contribution in [0.1, 0.15) is 33.1 Å². The van der Waals surface area contributed by atoms with Crippen molar-refractivity contribution in [2.24, 2.45) is 0 Å². The fourth-order valence-electron chi connectivity index (χ4n) is 1.17. The van der Waals surface area contributed by atoms with Crippen LogP contribution in [0.15, 0.2) is 0 Å². The van der Waals surface area contributed by atoms with Gasteiger partial charge in [0.1, 0.15) is 6.04 Å². The lowest BCUT2D eigenvalue weighted by molar-refractivity contribution is -0.146. The Balaban J connectivity index is 4.19. The van der Waals surface area contributed by atoms with Crippen molar-refractivity contribution >= 4 is 23.8 Å². The van der Waals surface area contributed by atoms with Crippen molar-refractivity contribution in [3.05, 3.63) is 0 Å². The smallest absolute Gasteiger partial charge is 0.407 e. The quantitative estimate of drug-likeness (QED) is 0.655. The molecule has 6 heteroatoms. The fraction of sp³-hybridized carbons (Fsp3) is 0.833. The molecule has 0 aliphatic rings. The molecule has 0 saturated carbocycles. The molecule has 1 unspecified atom stereocenters. The van der Waals surface area contributed by atoms with E-state index in [2.05, 4.69) is 5.32 Å². The van der Waals surface area contributed by atoms with Crippen molar-refractivity contribution < 1.29 is 19.1 Å². The zero-order chi connectivity index (χ0) is 13.8. The van der Waals surface area contributed by atoms with Crippen LogP contribution in [0.3, 0.4) is 0 Å². The van der Waals surface area contributed by atoms with E-state index in [1.165, 1.54) is 0 Å². The Morgan fingerprint density at radius 1 is 1.17 bits per heavy atom. The summed E-state index contributed by atoms with van der Waals surface area (Å²) in [6.45, 7) is 4.56. The molecule has 1 amide bonds. The largest absolute Gasteiger partial charge is 0.464 e. The monoisotopic (exact) mass is 277 g/mol. The highest BCUT2D eigenvalue weighted by atomic mass is 32.2. The Kier molecular flexibility index (Phi) is 10.6. The zero-order valence-electron chi connectivity index (χ0n) is 11.4. The van der Waals surface area contributed by atoms with Gasteiger partial charge in [-0.25, -0.2) is 9.59 Å². The van der Waals surface area contributed by atoms with Gasteiger partial charge in [-0.3, -0.25) is 0 Å². The van der Waals surface area contributed by atoms with E-state index in [0.29, 0.717) is 19.6 Å². The van der Waals surface area contributed by atoms with E-state index in [1.807, 2.05) is 20.1 Å². The first-order valence-corrected chi connectivity index (χ1v) is 7.63. The number of ether oxygens (including phenoxy) is 2. The van der Waals surface area contributed by atoms with Crippen molar-refractivity contribution in [2.75, 3.05) is 25.2 Å². The number of alkyl carbamates (subject to hydrolysis) is 1. The van der Waals surface area contributed by atoms with Crippen LogP contribution >= 0.6 is 11.8 Å². The molecule has 0 rings (SSSR count). The van der Waals surface area contributed by atoms with Gasteiger partial charge in [0.15, 0.2) is 0 Å². The second-order valence-corrected chi connectivity index (χ2v) is 4.77. The fourth-order valence-corrected chi connectivity index (χ4v) is 1.64. The molecule has 106 valence electrons. The van der Waals surface area contributed by atoms with Crippen molar-refractivity contribution in [1.29, 1.82) is 0 Å². The minimum absolute atomic E-state index is 0.352. The van der Waals surface area contributed by atoms with Crippen LogP contribution in [0.5, 0.6) is 0 Å². The molecule has 0 aromatic rings. The second-order valence-electron chi connectivity index (χ2n) is 3.78. The van der Waals surface area contributed by atoms with Crippen molar-refractivity contribution in [3.63, 3.8) is 0 Å². The van der Waals surface area contributed by atoms with Crippen LogP contribution in [-0.2, 0) is 14.3 Å². The van der Waals surface area contributed by atoms with E-state index in [-0.39, 0.29) is 5.97 Å². The van der Waals surface area contributed by atoms with Gasteiger partial charge in [-0.2, -0.15) is 11.8 Å². The highest BCUT2D eigenvalue weighted by Gasteiger charge is 2.22. The number of carbonyl (C=O) groups excluding carboxylic acids is 2. The summed E-state index contributed by atoms with van der Waals surface area (Å²) >= 11 is 1.62. The van der Waals surface area contributed by atoms with Crippen LogP contribution in [0.4, 0.5) is 4.79 Å². The van der Waals surface area contributed by atoms with E-state index >= 15 is 0 Å². The van der Waals surface area contributed by atoms with Crippen molar-refractivity contribution in [1.82, 2.24) is 5.32 Å². The van der Waals surface area contributed by atoms with E-state index < -0.39 is 12.1 Å². The van der Waals surface area contributed by atoms with Gasteiger partial charge < -0.3 is 14.8 Å². The van der Waals surface area contributed by atoms with Gasteiger partial charge in [0.25, 0.3) is 0 Å². The first-order valence-electron chi connectivity index (χ1n) is 6.24. The highest BCUT2D eigenvalue weighted by molar-refractivity contribution is 7.98. The molecule has 0 aliphatic carbocycles. The number of carbonyl (C=O) groups is 2. The molecule has 0 bridgehead atoms. The maximum absolute atomic E-state index is 11.7. The van der Waals surface area contributed by atoms with Crippen LogP contribution in [-0.4, -0.2) is 43.3 Å². The molecule has 5 nitrogen and oxygen atoms in total. The lowest BCUT2D eigenvalue weighted by Gasteiger charge is -2.16. The zero-order valence-corrected chi connectivity index (χ0v) is 12.2. The van der Waals surface area contributed by atoms with Crippen LogP contribution in [0.25, 0.3) is 0 Å². The molecule has 0 saturated heterocycles. The summed E-state index contributed by atoms with van der Waals surface area (Å²) in [5, 5.41) is 2.55. The van der Waals surface area contributed by atoms with Gasteiger partial charge in [-0.15, -0.1) is 0 Å². The number of nitrogens with one attached hydrogen (secondary N) is 1. The molecular formula is C12H23NO4S. The highest BCUT2D eigenvalue weighted by Crippen LogP contribution is 2.03. The van der Waals surface area contributed by atoms with Crippen LogP contribution in [0.2, 0.25) is 0 Å². The van der Waals surface area contributed by atoms with Gasteiger partial charge in [0.05, 0.1) is 13.2 Å². The van der Waals surface area contributed by atoms with Crippen LogP contribution < -0.4 is 5.32 Å². The number of rotatable bonds is 9. The number of amides is 1. The molecule has 1 atom stereocenters. The SMILES string of the molecule is CCCOC(=O)NC(CCSC)C(=O)OCCC. The predicted molar refractivity (Wildman–Crippen MR) is 72.8 cm³/mol. The molecule has 0 spiro atoms. The van der Waals surface area contributed by atoms with E-state index in [1.54, 1.807) is 11.8 Å². The second kappa shape index (κ2) is 11.2. The lowest BCUT2D eigenvalue weighted by atomic mass is 10.2. The first-order chi connectivity index (χ1) is 8.65. The Labute approximate surface area is 113 Å². The van der Waals surface area contributed by atoms with Crippen molar-refractivity contribution in [2.45, 2.75) is 39.2 Å². The predicted octanol–water partition coefficient (Wildman–Crippen LogP) is 2.20. The third kappa shape index (κ3) is 8.22. The van der Waals surface area contributed by atoms with Gasteiger partial charge in [0.2, 0.25) is 0 Å². The number of thioether (sulfide) groups is 1. The number of hydrogen-bond acceptors (Lipinski definition) is 5. The number of esters is 1. The summed E-state index contributed by atoms with van der Waals surface area (Å²) in [5.74, 6) is 0.388. The van der Waals surface area contributed by atoms with Crippen molar-refractivity contribution in [3.8, 4) is 0 Å². The minimum Gasteiger partial charge on any atom is -0.464 e. The van der Waals surface area contributed by atoms with Gasteiger partial charge >= 0.3 is 12.1 Å². The summed E-state index contributed by atoms with van der Waals surface area (Å²) in [5.41, 5.74) is 0. The average molecular weight is 277 g/mol. The summed E-state index contributed by atoms with van der Waals surface area (Å²) in [7, 11) is 0. The standard InChI is InChI=1S/C12H23NO4S/c1-4-7-16-11(14)10(6-9-18-3)13-12(15)17-8-5-2/h10H,4-9H2,1-3H3,(H,13,15). The molecule has 0 aromatic carbocycles. The first kappa shape index (κ1) is 17.1. The average Bonchev–Trinajstić information content (AvgIpc) is 2.38. The topological polar surface area (TPSA) is 64.6 Å². The Morgan fingerprint density at radius 2 is 1.78 bits per heavy atom. The van der Waals surface area contributed by atoms with Gasteiger partial charge in [0, 0.05) is 0 Å². The van der Waals surface area contributed by atoms with Crippen LogP contribution in [0, 0.1) is 0 Å². The molecule has 1 N–H and O–H groups in total. The molecule has 18 heavy (non-hydrogen) atoms. The minimum atomic E-state index is -0.617. The molecule has 0 aromatic heterocycles. The summed E-state index contributed by atoms with van der Waals surface area (Å²) < 4.78 is 9.93. The third-order valence-corrected chi connectivity index (χ3v) is 2.72. The lowest BCUT2D eigenvalue weighted by Crippen LogP contribution is -2.42. The van der Waals surface area contributed by atoms with Gasteiger partial charge in [-0.1, -0.05) is 13.8 Å². The Hall–Kier alpha value is -0.910. The van der Waals surface area contributed by atoms with E-state index in [9.17, 15) is 9.59 Å². The van der Waals surface area contributed by atoms with E-state index in [4.69, 9.17) is 9.47 Å². The Bertz CT molecular complexity index is 248. The maximum Gasteiger partial charge on any atom is 0.407 e. The summed E-state index contributed by atoms with van der Waals surface area (Å²) in [4.78, 5) is 23.1. The maximum atomic E-state index is 11.7. The molecule has 0 radical (unpaired) electrons.